The molecule has 0 saturated heterocycles. The minimum atomic E-state index is -0.961. The van der Waals surface area contributed by atoms with Crippen molar-refractivity contribution in [2.75, 3.05) is 11.9 Å². The Morgan fingerprint density at radius 1 is 1.00 bits per heavy atom. The van der Waals surface area contributed by atoms with E-state index >= 15 is 8.78 Å². The maximum Gasteiger partial charge on any atom is 0.316 e. The van der Waals surface area contributed by atoms with Gasteiger partial charge in [-0.1, -0.05) is 62.4 Å². The van der Waals surface area contributed by atoms with Crippen molar-refractivity contribution in [2.24, 2.45) is 5.73 Å². The number of nitrogens with two attached hydrogens (primary N) is 1. The molecule has 4 aromatic rings. The third-order valence-corrected chi connectivity index (χ3v) is 8.05. The van der Waals surface area contributed by atoms with Gasteiger partial charge in [0.2, 0.25) is 0 Å². The van der Waals surface area contributed by atoms with E-state index in [1.807, 2.05) is 28.9 Å². The summed E-state index contributed by atoms with van der Waals surface area (Å²) in [7, 11) is 0. The van der Waals surface area contributed by atoms with Crippen molar-refractivity contribution in [3.63, 3.8) is 0 Å². The molecule has 0 spiro atoms. The van der Waals surface area contributed by atoms with Crippen molar-refractivity contribution in [3.05, 3.63) is 100 Å². The Bertz CT molecular complexity index is 1540. The van der Waals surface area contributed by atoms with Gasteiger partial charge >= 0.3 is 6.03 Å². The number of fused-ring (bicyclic) bond motifs is 1. The van der Waals surface area contributed by atoms with E-state index in [0.717, 1.165) is 59.6 Å². The summed E-state index contributed by atoms with van der Waals surface area (Å²) in [5.74, 6) is -1.44. The van der Waals surface area contributed by atoms with Crippen LogP contribution in [0.5, 0.6) is 0 Å². The van der Waals surface area contributed by atoms with Gasteiger partial charge in [-0.15, -0.1) is 0 Å². The Hall–Kier alpha value is -4.04. The van der Waals surface area contributed by atoms with Crippen molar-refractivity contribution in [1.82, 2.24) is 14.7 Å². The van der Waals surface area contributed by atoms with Crippen LogP contribution < -0.4 is 11.1 Å². The second-order valence-corrected chi connectivity index (χ2v) is 10.7. The Balaban J connectivity index is 1.73. The summed E-state index contributed by atoms with van der Waals surface area (Å²) in [5.41, 5.74) is 11.2. The minimum Gasteiger partial charge on any atom is -0.351 e. The van der Waals surface area contributed by atoms with Crippen LogP contribution in [-0.2, 0) is 31.3 Å². The van der Waals surface area contributed by atoms with E-state index in [-0.39, 0.29) is 16.8 Å². The number of hydrogen-bond donors (Lipinski definition) is 2. The normalized spacial score (nSPS) is 13.8. The minimum absolute atomic E-state index is 0.0913. The topological polar surface area (TPSA) is 76.2 Å². The highest BCUT2D eigenvalue weighted by atomic mass is 19.1. The van der Waals surface area contributed by atoms with E-state index < -0.39 is 17.7 Å². The number of carbonyl (C=O) groups excluding carboxylic acids is 1. The molecule has 1 aromatic heterocycles. The first-order valence-electron chi connectivity index (χ1n) is 13.7. The summed E-state index contributed by atoms with van der Waals surface area (Å²) in [4.78, 5) is 13.7. The summed E-state index contributed by atoms with van der Waals surface area (Å²) in [6, 6.07) is 17.6. The maximum atomic E-state index is 15.9. The monoisotopic (exact) mass is 543 g/mol. The molecule has 5 rings (SSSR count). The summed E-state index contributed by atoms with van der Waals surface area (Å²) < 4.78 is 32.9. The highest BCUT2D eigenvalue weighted by Crippen LogP contribution is 2.40. The largest absolute Gasteiger partial charge is 0.351 e. The Kier molecular flexibility index (Phi) is 7.47. The summed E-state index contributed by atoms with van der Waals surface area (Å²) in [6.45, 7) is 9.82. The molecular formula is C32H35F2N5O. The number of urea groups is 1. The van der Waals surface area contributed by atoms with Crippen LogP contribution in [0.3, 0.4) is 0 Å². The van der Waals surface area contributed by atoms with E-state index in [2.05, 4.69) is 62.2 Å². The molecule has 2 heterocycles. The predicted octanol–water partition coefficient (Wildman–Crippen LogP) is 6.73. The number of amides is 2. The first kappa shape index (κ1) is 27.5. The lowest BCUT2D eigenvalue weighted by Gasteiger charge is -2.41. The lowest BCUT2D eigenvalue weighted by atomic mass is 9.89. The number of aryl methyl sites for hydroxylation is 2. The van der Waals surface area contributed by atoms with Crippen molar-refractivity contribution in [3.8, 4) is 16.9 Å². The van der Waals surface area contributed by atoms with E-state index in [9.17, 15) is 4.79 Å². The van der Waals surface area contributed by atoms with E-state index in [1.165, 1.54) is 5.56 Å². The van der Waals surface area contributed by atoms with Gasteiger partial charge in [0.15, 0.2) is 0 Å². The number of rotatable bonds is 7. The van der Waals surface area contributed by atoms with Crippen LogP contribution in [-0.4, -0.2) is 27.3 Å². The lowest BCUT2D eigenvalue weighted by molar-refractivity contribution is 0.103. The molecule has 0 atom stereocenters. The number of anilines is 1. The van der Waals surface area contributed by atoms with E-state index in [1.54, 1.807) is 0 Å². The number of nitrogens with one attached hydrogen (secondary N) is 1. The summed E-state index contributed by atoms with van der Waals surface area (Å²) in [6.07, 6.45) is 2.20. The number of halogens is 2. The van der Waals surface area contributed by atoms with Crippen LogP contribution in [0.15, 0.2) is 60.7 Å². The van der Waals surface area contributed by atoms with Gasteiger partial charge < -0.3 is 11.1 Å². The summed E-state index contributed by atoms with van der Waals surface area (Å²) >= 11 is 0. The molecule has 3 N–H and O–H groups in total. The zero-order valence-electron chi connectivity index (χ0n) is 23.4. The van der Waals surface area contributed by atoms with Gasteiger partial charge in [-0.2, -0.15) is 5.10 Å². The van der Waals surface area contributed by atoms with Crippen molar-refractivity contribution in [2.45, 2.75) is 59.0 Å². The third-order valence-electron chi connectivity index (χ3n) is 8.05. The molecule has 2 amide bonds. The Labute approximate surface area is 233 Å². The summed E-state index contributed by atoms with van der Waals surface area (Å²) in [5, 5.41) is 7.23. The fourth-order valence-electron chi connectivity index (χ4n) is 5.76. The number of nitrogens with zero attached hydrogens (tertiary/aromatic N) is 3. The number of aromatic nitrogens is 2. The number of carbonyl (C=O) groups is 1. The Morgan fingerprint density at radius 2 is 1.68 bits per heavy atom. The second-order valence-electron chi connectivity index (χ2n) is 10.7. The lowest BCUT2D eigenvalue weighted by Crippen LogP contribution is -2.44. The van der Waals surface area contributed by atoms with E-state index in [4.69, 9.17) is 10.8 Å². The van der Waals surface area contributed by atoms with Crippen molar-refractivity contribution in [1.29, 1.82) is 0 Å². The molecule has 1 aliphatic rings. The SMILES string of the molecule is CCc1cccc(CC)c1-n1nc2c(c1-c1cc(F)c(NC(N)=O)cc1F)CN(C(C)(C)c1ccccc1)CC2. The van der Waals surface area contributed by atoms with Crippen LogP contribution in [0.2, 0.25) is 0 Å². The highest BCUT2D eigenvalue weighted by Gasteiger charge is 2.36. The van der Waals surface area contributed by atoms with Gasteiger partial charge in [0, 0.05) is 42.2 Å². The van der Waals surface area contributed by atoms with E-state index in [0.29, 0.717) is 18.7 Å². The Morgan fingerprint density at radius 3 is 2.30 bits per heavy atom. The van der Waals surface area contributed by atoms with Gasteiger partial charge in [-0.25, -0.2) is 18.3 Å². The third kappa shape index (κ3) is 4.88. The van der Waals surface area contributed by atoms with Gasteiger partial charge in [-0.3, -0.25) is 4.90 Å². The maximum absolute atomic E-state index is 15.9. The number of primary amides is 1. The molecule has 6 nitrogen and oxygen atoms in total. The highest BCUT2D eigenvalue weighted by molar-refractivity contribution is 5.88. The van der Waals surface area contributed by atoms with Crippen LogP contribution in [0.25, 0.3) is 16.9 Å². The molecule has 208 valence electrons. The number of hydrogen-bond acceptors (Lipinski definition) is 3. The standard InChI is InChI=1S/C32H35F2N5O/c1-5-20-11-10-12-21(6-2)29(20)39-30(23-17-26(34)28(18-25(23)33)36-31(35)40)24-19-38(16-15-27(24)37-39)32(3,4)22-13-8-7-9-14-22/h7-14,17-18H,5-6,15-16,19H2,1-4H3,(H3,35,36,40). The zero-order chi connectivity index (χ0) is 28.6. The molecule has 3 aromatic carbocycles. The predicted molar refractivity (Wildman–Crippen MR) is 154 cm³/mol. The van der Waals surface area contributed by atoms with Crippen LogP contribution >= 0.6 is 0 Å². The van der Waals surface area contributed by atoms with Crippen molar-refractivity contribution < 1.29 is 13.6 Å². The first-order chi connectivity index (χ1) is 19.1. The van der Waals surface area contributed by atoms with Crippen LogP contribution in [0.1, 0.15) is 55.6 Å². The first-order valence-corrected chi connectivity index (χ1v) is 13.7. The van der Waals surface area contributed by atoms with Crippen LogP contribution in [0, 0.1) is 11.6 Å². The molecule has 1 aliphatic heterocycles. The smallest absolute Gasteiger partial charge is 0.316 e. The number of para-hydroxylation sites is 1. The zero-order valence-corrected chi connectivity index (χ0v) is 23.4. The van der Waals surface area contributed by atoms with Crippen LogP contribution in [0.4, 0.5) is 19.3 Å². The molecule has 0 aliphatic carbocycles. The molecule has 0 unspecified atom stereocenters. The quantitative estimate of drug-likeness (QED) is 0.272. The second kappa shape index (κ2) is 10.8. The average Bonchev–Trinajstić information content (AvgIpc) is 3.32. The van der Waals surface area contributed by atoms with Gasteiger partial charge in [0.05, 0.1) is 22.8 Å². The fraction of sp³-hybridized carbons (Fsp3) is 0.312. The molecular weight excluding hydrogens is 508 g/mol. The average molecular weight is 544 g/mol. The molecule has 0 saturated carbocycles. The molecule has 0 fully saturated rings. The van der Waals surface area contributed by atoms with Gasteiger partial charge in [-0.05, 0) is 49.4 Å². The molecule has 40 heavy (non-hydrogen) atoms. The van der Waals surface area contributed by atoms with Crippen molar-refractivity contribution >= 4 is 11.7 Å². The fourth-order valence-corrected chi connectivity index (χ4v) is 5.76. The molecule has 0 bridgehead atoms. The number of benzene rings is 3. The van der Waals surface area contributed by atoms with Gasteiger partial charge in [0.25, 0.3) is 0 Å². The molecule has 8 heteroatoms. The van der Waals surface area contributed by atoms with Gasteiger partial charge in [0.1, 0.15) is 11.6 Å². The molecule has 0 radical (unpaired) electrons.